The number of primary sulfonamides is 1. The Morgan fingerprint density at radius 1 is 1.41 bits per heavy atom. The highest BCUT2D eigenvalue weighted by Crippen LogP contribution is 2.16. The van der Waals surface area contributed by atoms with Crippen LogP contribution in [0.25, 0.3) is 0 Å². The Kier molecular flexibility index (Phi) is 4.25. The molecule has 0 amide bonds. The summed E-state index contributed by atoms with van der Waals surface area (Å²) in [4.78, 5) is 0.0277. The van der Waals surface area contributed by atoms with Crippen LogP contribution < -0.4 is 9.88 Å². The van der Waals surface area contributed by atoms with Gasteiger partial charge in [0.05, 0.1) is 4.90 Å². The van der Waals surface area contributed by atoms with E-state index in [0.29, 0.717) is 5.75 Å². The van der Waals surface area contributed by atoms with Crippen molar-refractivity contribution >= 4 is 15.9 Å². The predicted molar refractivity (Wildman–Crippen MR) is 65.6 cm³/mol. The van der Waals surface area contributed by atoms with Crippen LogP contribution in [0.1, 0.15) is 20.3 Å². The van der Waals surface area contributed by atoms with Crippen molar-refractivity contribution in [2.45, 2.75) is 25.2 Å². The van der Waals surface area contributed by atoms with E-state index >= 15 is 0 Å². The van der Waals surface area contributed by atoms with Crippen LogP contribution in [0, 0.1) is 11.3 Å². The molecule has 6 heteroatoms. The van der Waals surface area contributed by atoms with Gasteiger partial charge in [-0.05, 0) is 30.7 Å². The van der Waals surface area contributed by atoms with Gasteiger partial charge in [-0.2, -0.15) is 0 Å². The minimum absolute atomic E-state index is 0.0277. The van der Waals surface area contributed by atoms with Gasteiger partial charge in [0, 0.05) is 5.92 Å². The third kappa shape index (κ3) is 3.83. The van der Waals surface area contributed by atoms with Crippen LogP contribution in [0.15, 0.2) is 29.2 Å². The van der Waals surface area contributed by atoms with E-state index in [9.17, 15) is 8.42 Å². The summed E-state index contributed by atoms with van der Waals surface area (Å²) in [6, 6.07) is 5.68. The van der Waals surface area contributed by atoms with E-state index in [1.54, 1.807) is 0 Å². The van der Waals surface area contributed by atoms with Crippen LogP contribution in [0.2, 0.25) is 0 Å². The van der Waals surface area contributed by atoms with Gasteiger partial charge in [-0.25, -0.2) is 13.6 Å². The maximum Gasteiger partial charge on any atom is 0.238 e. The zero-order valence-electron chi connectivity index (χ0n) is 9.80. The van der Waals surface area contributed by atoms with Gasteiger partial charge in [0.25, 0.3) is 0 Å². The number of benzene rings is 1. The molecule has 1 atom stereocenters. The molecular weight excluding hydrogens is 240 g/mol. The van der Waals surface area contributed by atoms with E-state index < -0.39 is 10.0 Å². The summed E-state index contributed by atoms with van der Waals surface area (Å²) >= 11 is 0. The molecule has 0 radical (unpaired) electrons. The molecule has 0 bridgehead atoms. The second-order valence-corrected chi connectivity index (χ2v) is 5.35. The monoisotopic (exact) mass is 256 g/mol. The second kappa shape index (κ2) is 5.29. The Labute approximate surface area is 101 Å². The fourth-order valence-electron chi connectivity index (χ4n) is 1.11. The van der Waals surface area contributed by atoms with E-state index in [1.807, 2.05) is 13.8 Å². The number of nitrogens with two attached hydrogens (primary N) is 1. The molecule has 0 saturated carbocycles. The summed E-state index contributed by atoms with van der Waals surface area (Å²) in [5.41, 5.74) is 0. The zero-order chi connectivity index (χ0) is 13.1. The van der Waals surface area contributed by atoms with Crippen molar-refractivity contribution in [3.8, 4) is 5.75 Å². The van der Waals surface area contributed by atoms with Crippen molar-refractivity contribution in [2.24, 2.45) is 11.1 Å². The summed E-state index contributed by atoms with van der Waals surface area (Å²) < 4.78 is 27.3. The van der Waals surface area contributed by atoms with E-state index in [1.165, 1.54) is 24.3 Å². The average Bonchev–Trinajstić information content (AvgIpc) is 2.27. The summed E-state index contributed by atoms with van der Waals surface area (Å²) in [5, 5.41) is 12.6. The lowest BCUT2D eigenvalue weighted by Gasteiger charge is -2.11. The van der Waals surface area contributed by atoms with Gasteiger partial charge in [-0.3, -0.25) is 5.41 Å². The molecule has 1 rings (SSSR count). The van der Waals surface area contributed by atoms with Gasteiger partial charge >= 0.3 is 0 Å². The van der Waals surface area contributed by atoms with Gasteiger partial charge < -0.3 is 4.74 Å². The third-order valence-electron chi connectivity index (χ3n) is 2.44. The lowest BCUT2D eigenvalue weighted by Crippen LogP contribution is -2.16. The Hall–Kier alpha value is -1.40. The standard InChI is InChI=1S/C11H16N2O3S/c1-3-8(2)11(12)16-9-4-6-10(7-5-9)17(13,14)15/h4-8,12H,3H2,1-2H3,(H2,13,14,15). The van der Waals surface area contributed by atoms with Crippen molar-refractivity contribution in [3.05, 3.63) is 24.3 Å². The summed E-state index contributed by atoms with van der Waals surface area (Å²) in [5.74, 6) is 0.631. The van der Waals surface area contributed by atoms with Crippen LogP contribution in [-0.4, -0.2) is 14.3 Å². The topological polar surface area (TPSA) is 93.2 Å². The van der Waals surface area contributed by atoms with Crippen molar-refractivity contribution in [3.63, 3.8) is 0 Å². The number of hydrogen-bond acceptors (Lipinski definition) is 4. The minimum atomic E-state index is -3.68. The van der Waals surface area contributed by atoms with Crippen LogP contribution >= 0.6 is 0 Å². The van der Waals surface area contributed by atoms with E-state index in [4.69, 9.17) is 15.3 Å². The van der Waals surface area contributed by atoms with Crippen LogP contribution in [-0.2, 0) is 10.0 Å². The normalized spacial score (nSPS) is 13.1. The molecule has 3 N–H and O–H groups in total. The Morgan fingerprint density at radius 3 is 2.35 bits per heavy atom. The summed E-state index contributed by atoms with van der Waals surface area (Å²) in [6.07, 6.45) is 0.814. The number of ether oxygens (including phenoxy) is 1. The number of nitrogens with one attached hydrogen (secondary N) is 1. The second-order valence-electron chi connectivity index (χ2n) is 3.79. The lowest BCUT2D eigenvalue weighted by atomic mass is 10.1. The highest BCUT2D eigenvalue weighted by molar-refractivity contribution is 7.89. The van der Waals surface area contributed by atoms with Gasteiger partial charge in [0.2, 0.25) is 10.0 Å². The molecule has 0 aliphatic carbocycles. The first-order valence-electron chi connectivity index (χ1n) is 5.23. The average molecular weight is 256 g/mol. The largest absolute Gasteiger partial charge is 0.443 e. The number of rotatable bonds is 4. The Balaban J connectivity index is 2.79. The van der Waals surface area contributed by atoms with Crippen LogP contribution in [0.3, 0.4) is 0 Å². The lowest BCUT2D eigenvalue weighted by molar-refractivity contribution is 0.484. The van der Waals surface area contributed by atoms with Gasteiger partial charge in [-0.1, -0.05) is 13.8 Å². The highest BCUT2D eigenvalue weighted by atomic mass is 32.2. The smallest absolute Gasteiger partial charge is 0.238 e. The molecule has 0 spiro atoms. The van der Waals surface area contributed by atoms with Crippen LogP contribution in [0.4, 0.5) is 0 Å². The maximum absolute atomic E-state index is 11.0. The molecule has 1 unspecified atom stereocenters. The fraction of sp³-hybridized carbons (Fsp3) is 0.364. The zero-order valence-corrected chi connectivity index (χ0v) is 10.6. The molecule has 1 aromatic rings. The quantitative estimate of drug-likeness (QED) is 0.634. The Morgan fingerprint density at radius 2 is 1.94 bits per heavy atom. The van der Waals surface area contributed by atoms with Gasteiger partial charge in [0.15, 0.2) is 5.90 Å². The predicted octanol–water partition coefficient (Wildman–Crippen LogP) is 1.74. The molecule has 94 valence electrons. The summed E-state index contributed by atoms with van der Waals surface area (Å²) in [6.45, 7) is 3.85. The molecule has 1 aromatic carbocycles. The molecule has 0 aliphatic rings. The van der Waals surface area contributed by atoms with Gasteiger partial charge in [-0.15, -0.1) is 0 Å². The molecule has 0 aliphatic heterocycles. The van der Waals surface area contributed by atoms with E-state index in [0.717, 1.165) is 6.42 Å². The maximum atomic E-state index is 11.0. The van der Waals surface area contributed by atoms with Crippen molar-refractivity contribution in [2.75, 3.05) is 0 Å². The fourth-order valence-corrected chi connectivity index (χ4v) is 1.63. The third-order valence-corrected chi connectivity index (χ3v) is 3.37. The van der Waals surface area contributed by atoms with E-state index in [2.05, 4.69) is 0 Å². The van der Waals surface area contributed by atoms with Crippen LogP contribution in [0.5, 0.6) is 5.75 Å². The number of hydrogen-bond donors (Lipinski definition) is 2. The molecule has 0 aromatic heterocycles. The molecule has 5 nitrogen and oxygen atoms in total. The molecular formula is C11H16N2O3S. The Bertz CT molecular complexity index is 494. The molecule has 17 heavy (non-hydrogen) atoms. The highest BCUT2D eigenvalue weighted by Gasteiger charge is 2.10. The van der Waals surface area contributed by atoms with E-state index in [-0.39, 0.29) is 16.7 Å². The molecule has 0 heterocycles. The van der Waals surface area contributed by atoms with Crippen molar-refractivity contribution in [1.29, 1.82) is 5.41 Å². The first-order valence-corrected chi connectivity index (χ1v) is 6.78. The summed E-state index contributed by atoms with van der Waals surface area (Å²) in [7, 11) is -3.68. The van der Waals surface area contributed by atoms with Gasteiger partial charge in [0.1, 0.15) is 5.75 Å². The van der Waals surface area contributed by atoms with Crippen molar-refractivity contribution in [1.82, 2.24) is 0 Å². The number of sulfonamides is 1. The first-order chi connectivity index (χ1) is 7.84. The van der Waals surface area contributed by atoms with Crippen molar-refractivity contribution < 1.29 is 13.2 Å². The molecule has 0 fully saturated rings. The minimum Gasteiger partial charge on any atom is -0.443 e. The molecule has 0 saturated heterocycles. The SMILES string of the molecule is CCC(C)C(=N)Oc1ccc(S(N)(=O)=O)cc1. The first kappa shape index (κ1) is 13.7.